The van der Waals surface area contributed by atoms with Gasteiger partial charge in [0.25, 0.3) is 0 Å². The molecule has 19 heavy (non-hydrogen) atoms. The Labute approximate surface area is 119 Å². The van der Waals surface area contributed by atoms with Crippen LogP contribution >= 0.6 is 11.3 Å². The fourth-order valence-electron chi connectivity index (χ4n) is 1.84. The third-order valence-corrected chi connectivity index (χ3v) is 4.03. The van der Waals surface area contributed by atoms with Gasteiger partial charge in [0.15, 0.2) is 0 Å². The highest BCUT2D eigenvalue weighted by atomic mass is 32.1. The number of nitrogens with one attached hydrogen (secondary N) is 1. The molecule has 1 heterocycles. The largest absolute Gasteiger partial charge is 0.396 e. The first-order valence-corrected chi connectivity index (χ1v) is 7.43. The molecular formula is C16H21NOS. The molecule has 2 nitrogen and oxygen atoms in total. The third-order valence-electron chi connectivity index (χ3n) is 3.09. The van der Waals surface area contributed by atoms with Gasteiger partial charge in [-0.25, -0.2) is 0 Å². The van der Waals surface area contributed by atoms with E-state index in [-0.39, 0.29) is 12.0 Å². The molecule has 0 amide bonds. The van der Waals surface area contributed by atoms with E-state index in [2.05, 4.69) is 54.9 Å². The Bertz CT molecular complexity index is 504. The monoisotopic (exact) mass is 275 g/mol. The van der Waals surface area contributed by atoms with Gasteiger partial charge in [-0.2, -0.15) is 0 Å². The number of benzene rings is 1. The van der Waals surface area contributed by atoms with E-state index in [1.165, 1.54) is 16.0 Å². The van der Waals surface area contributed by atoms with E-state index in [1.54, 1.807) is 11.3 Å². The molecular weight excluding hydrogens is 254 g/mol. The molecule has 0 aliphatic carbocycles. The summed E-state index contributed by atoms with van der Waals surface area (Å²) in [5.41, 5.74) is 2.49. The van der Waals surface area contributed by atoms with Crippen molar-refractivity contribution in [3.63, 3.8) is 0 Å². The molecule has 0 saturated carbocycles. The van der Waals surface area contributed by atoms with Crippen LogP contribution < -0.4 is 5.32 Å². The number of hydrogen-bond donors (Lipinski definition) is 2. The topological polar surface area (TPSA) is 32.3 Å². The highest BCUT2D eigenvalue weighted by molar-refractivity contribution is 7.10. The first-order valence-electron chi connectivity index (χ1n) is 6.55. The van der Waals surface area contributed by atoms with Crippen LogP contribution in [0, 0.1) is 5.41 Å². The Balaban J connectivity index is 1.92. The SMILES string of the molecule is CC(C)(CO)CNCc1cc(-c2ccccc2)cs1. The number of aliphatic hydroxyl groups excluding tert-OH is 1. The molecule has 1 aromatic heterocycles. The van der Waals surface area contributed by atoms with E-state index in [9.17, 15) is 5.11 Å². The summed E-state index contributed by atoms with van der Waals surface area (Å²) < 4.78 is 0. The maximum atomic E-state index is 9.21. The van der Waals surface area contributed by atoms with Crippen LogP contribution in [0.25, 0.3) is 11.1 Å². The predicted molar refractivity (Wildman–Crippen MR) is 82.3 cm³/mol. The van der Waals surface area contributed by atoms with Crippen LogP contribution in [0.5, 0.6) is 0 Å². The molecule has 0 aliphatic heterocycles. The smallest absolute Gasteiger partial charge is 0.0494 e. The fourth-order valence-corrected chi connectivity index (χ4v) is 2.70. The van der Waals surface area contributed by atoms with E-state index in [1.807, 2.05) is 6.07 Å². The molecule has 0 saturated heterocycles. The first-order chi connectivity index (χ1) is 9.11. The lowest BCUT2D eigenvalue weighted by Gasteiger charge is -2.21. The summed E-state index contributed by atoms with van der Waals surface area (Å²) in [6.45, 7) is 6.01. The number of thiophene rings is 1. The maximum absolute atomic E-state index is 9.21. The van der Waals surface area contributed by atoms with Crippen molar-refractivity contribution in [2.45, 2.75) is 20.4 Å². The van der Waals surface area contributed by atoms with Crippen molar-refractivity contribution < 1.29 is 5.11 Å². The van der Waals surface area contributed by atoms with Crippen molar-refractivity contribution in [3.8, 4) is 11.1 Å². The van der Waals surface area contributed by atoms with Gasteiger partial charge in [-0.1, -0.05) is 44.2 Å². The minimum Gasteiger partial charge on any atom is -0.396 e. The summed E-state index contributed by atoms with van der Waals surface area (Å²) in [6.07, 6.45) is 0. The van der Waals surface area contributed by atoms with Gasteiger partial charge in [-0.15, -0.1) is 11.3 Å². The van der Waals surface area contributed by atoms with Crippen LogP contribution in [-0.4, -0.2) is 18.3 Å². The maximum Gasteiger partial charge on any atom is 0.0494 e. The zero-order valence-corrected chi connectivity index (χ0v) is 12.3. The Morgan fingerprint density at radius 1 is 1.16 bits per heavy atom. The van der Waals surface area contributed by atoms with Crippen molar-refractivity contribution in [1.82, 2.24) is 5.32 Å². The molecule has 3 heteroatoms. The summed E-state index contributed by atoms with van der Waals surface area (Å²) in [7, 11) is 0. The van der Waals surface area contributed by atoms with E-state index < -0.39 is 0 Å². The first kappa shape index (κ1) is 14.3. The lowest BCUT2D eigenvalue weighted by molar-refractivity contribution is 0.157. The second-order valence-electron chi connectivity index (χ2n) is 5.59. The Morgan fingerprint density at radius 2 is 1.89 bits per heavy atom. The second-order valence-corrected chi connectivity index (χ2v) is 6.59. The molecule has 0 spiro atoms. The van der Waals surface area contributed by atoms with Crippen LogP contribution in [0.15, 0.2) is 41.8 Å². The standard InChI is InChI=1S/C16H21NOS/c1-16(2,12-18)11-17-9-15-8-14(10-19-15)13-6-4-3-5-7-13/h3-8,10,17-18H,9,11-12H2,1-2H3. The normalized spacial score (nSPS) is 11.7. The molecule has 2 rings (SSSR count). The molecule has 2 N–H and O–H groups in total. The summed E-state index contributed by atoms with van der Waals surface area (Å²) in [6, 6.07) is 12.7. The number of aliphatic hydroxyl groups is 1. The van der Waals surface area contributed by atoms with Crippen molar-refractivity contribution >= 4 is 11.3 Å². The molecule has 1 aromatic carbocycles. The van der Waals surface area contributed by atoms with Crippen molar-refractivity contribution in [1.29, 1.82) is 0 Å². The van der Waals surface area contributed by atoms with Crippen LogP contribution in [0.1, 0.15) is 18.7 Å². The van der Waals surface area contributed by atoms with Gasteiger partial charge in [0.1, 0.15) is 0 Å². The lowest BCUT2D eigenvalue weighted by Crippen LogP contribution is -2.31. The van der Waals surface area contributed by atoms with Gasteiger partial charge in [-0.05, 0) is 22.6 Å². The highest BCUT2D eigenvalue weighted by Gasteiger charge is 2.15. The predicted octanol–water partition coefficient (Wildman–Crippen LogP) is 3.52. The second kappa shape index (κ2) is 6.33. The number of rotatable bonds is 6. The molecule has 0 bridgehead atoms. The molecule has 0 aliphatic rings. The van der Waals surface area contributed by atoms with Crippen LogP contribution in [-0.2, 0) is 6.54 Å². The molecule has 0 fully saturated rings. The van der Waals surface area contributed by atoms with E-state index >= 15 is 0 Å². The third kappa shape index (κ3) is 4.16. The Kier molecular flexibility index (Phi) is 4.75. The van der Waals surface area contributed by atoms with Gasteiger partial charge in [-0.3, -0.25) is 0 Å². The molecule has 102 valence electrons. The lowest BCUT2D eigenvalue weighted by atomic mass is 9.95. The fraction of sp³-hybridized carbons (Fsp3) is 0.375. The average molecular weight is 275 g/mol. The van der Waals surface area contributed by atoms with Crippen molar-refractivity contribution in [2.75, 3.05) is 13.2 Å². The van der Waals surface area contributed by atoms with Gasteiger partial charge in [0.2, 0.25) is 0 Å². The summed E-state index contributed by atoms with van der Waals surface area (Å²) in [5, 5.41) is 14.8. The summed E-state index contributed by atoms with van der Waals surface area (Å²) in [4.78, 5) is 1.33. The van der Waals surface area contributed by atoms with Gasteiger partial charge in [0, 0.05) is 30.0 Å². The highest BCUT2D eigenvalue weighted by Crippen LogP contribution is 2.25. The van der Waals surface area contributed by atoms with E-state index in [0.29, 0.717) is 0 Å². The molecule has 0 radical (unpaired) electrons. The van der Waals surface area contributed by atoms with Crippen LogP contribution in [0.4, 0.5) is 0 Å². The van der Waals surface area contributed by atoms with Crippen LogP contribution in [0.3, 0.4) is 0 Å². The van der Waals surface area contributed by atoms with E-state index in [4.69, 9.17) is 0 Å². The zero-order chi connectivity index (χ0) is 13.7. The number of hydrogen-bond acceptors (Lipinski definition) is 3. The average Bonchev–Trinajstić information content (AvgIpc) is 2.88. The van der Waals surface area contributed by atoms with Crippen LogP contribution in [0.2, 0.25) is 0 Å². The Morgan fingerprint density at radius 3 is 2.58 bits per heavy atom. The molecule has 0 unspecified atom stereocenters. The quantitative estimate of drug-likeness (QED) is 0.845. The minimum atomic E-state index is -0.0560. The molecule has 2 aromatic rings. The minimum absolute atomic E-state index is 0.0560. The van der Waals surface area contributed by atoms with Gasteiger partial charge >= 0.3 is 0 Å². The van der Waals surface area contributed by atoms with Gasteiger partial charge < -0.3 is 10.4 Å². The van der Waals surface area contributed by atoms with E-state index in [0.717, 1.165) is 13.1 Å². The molecule has 0 atom stereocenters. The van der Waals surface area contributed by atoms with Crippen molar-refractivity contribution in [2.24, 2.45) is 5.41 Å². The van der Waals surface area contributed by atoms with Gasteiger partial charge in [0.05, 0.1) is 0 Å². The summed E-state index contributed by atoms with van der Waals surface area (Å²) >= 11 is 1.78. The zero-order valence-electron chi connectivity index (χ0n) is 11.5. The van der Waals surface area contributed by atoms with Crippen molar-refractivity contribution in [3.05, 3.63) is 46.7 Å². The summed E-state index contributed by atoms with van der Waals surface area (Å²) in [5.74, 6) is 0. The Hall–Kier alpha value is -1.16.